The normalized spacial score (nSPS) is 21.4. The molecule has 1 saturated carbocycles. The number of amides is 2. The van der Waals surface area contributed by atoms with Gasteiger partial charge in [0.25, 0.3) is 11.5 Å². The Bertz CT molecular complexity index is 1470. The Hall–Kier alpha value is -3.17. The molecule has 228 valence electrons. The third kappa shape index (κ3) is 5.49. The lowest BCUT2D eigenvalue weighted by atomic mass is 9.92. The van der Waals surface area contributed by atoms with Crippen molar-refractivity contribution in [3.8, 4) is 0 Å². The zero-order valence-corrected chi connectivity index (χ0v) is 22.7. The van der Waals surface area contributed by atoms with E-state index in [-0.39, 0.29) is 35.4 Å². The van der Waals surface area contributed by atoms with Gasteiger partial charge in [0.1, 0.15) is 6.04 Å². The van der Waals surface area contributed by atoms with E-state index in [1.165, 1.54) is 23.1 Å². The molecule has 2 aromatic rings. The Balaban J connectivity index is 1.43. The van der Waals surface area contributed by atoms with E-state index in [0.717, 1.165) is 25.0 Å². The molecule has 2 atom stereocenters. The number of aliphatic hydroxyl groups is 1. The summed E-state index contributed by atoms with van der Waals surface area (Å²) in [4.78, 5) is 28.2. The highest BCUT2D eigenvalue weighted by molar-refractivity contribution is 7.91. The van der Waals surface area contributed by atoms with Crippen LogP contribution in [0.15, 0.2) is 47.4 Å². The molecule has 2 aromatic carbocycles. The second-order valence-electron chi connectivity index (χ2n) is 10.8. The monoisotopic (exact) mass is 620 g/mol. The van der Waals surface area contributed by atoms with Gasteiger partial charge in [0.2, 0.25) is 5.91 Å². The number of rotatable bonds is 7. The predicted molar refractivity (Wildman–Crippen MR) is 135 cm³/mol. The molecule has 2 unspecified atom stereocenters. The smallest absolute Gasteiger partial charge is 0.381 e. The highest BCUT2D eigenvalue weighted by Gasteiger charge is 2.71. The van der Waals surface area contributed by atoms with Crippen molar-refractivity contribution in [3.63, 3.8) is 0 Å². The van der Waals surface area contributed by atoms with Crippen LogP contribution in [0.1, 0.15) is 42.0 Å². The summed E-state index contributed by atoms with van der Waals surface area (Å²) in [6.45, 7) is 0.384. The second kappa shape index (κ2) is 10.5. The van der Waals surface area contributed by atoms with Crippen molar-refractivity contribution in [1.29, 1.82) is 0 Å². The molecule has 2 heterocycles. The number of ether oxygens (including phenoxy) is 1. The number of nitrogens with zero attached hydrogens (tertiary/aromatic N) is 1. The van der Waals surface area contributed by atoms with Crippen LogP contribution in [0.5, 0.6) is 0 Å². The average Bonchev–Trinajstić information content (AvgIpc) is 3.38. The molecule has 3 aliphatic rings. The Labute approximate surface area is 236 Å². The van der Waals surface area contributed by atoms with Crippen molar-refractivity contribution in [2.24, 2.45) is 11.8 Å². The van der Waals surface area contributed by atoms with E-state index in [9.17, 15) is 49.5 Å². The maximum atomic E-state index is 13.5. The van der Waals surface area contributed by atoms with E-state index in [1.807, 2.05) is 0 Å². The number of anilines is 1. The van der Waals surface area contributed by atoms with Crippen LogP contribution in [0.25, 0.3) is 0 Å². The van der Waals surface area contributed by atoms with Gasteiger partial charge in [-0.15, -0.1) is 0 Å². The van der Waals surface area contributed by atoms with Crippen molar-refractivity contribution in [2.75, 3.05) is 24.3 Å². The Morgan fingerprint density at radius 2 is 1.62 bits per heavy atom. The van der Waals surface area contributed by atoms with E-state index >= 15 is 0 Å². The number of benzene rings is 2. The molecule has 2 aliphatic heterocycles. The van der Waals surface area contributed by atoms with Crippen molar-refractivity contribution in [1.82, 2.24) is 4.90 Å². The molecule has 1 aliphatic carbocycles. The molecule has 2 N–H and O–H groups in total. The van der Waals surface area contributed by atoms with Gasteiger partial charge in [0, 0.05) is 24.4 Å². The first kappa shape index (κ1) is 30.3. The fourth-order valence-electron chi connectivity index (χ4n) is 5.26. The first-order valence-corrected chi connectivity index (χ1v) is 14.7. The quantitative estimate of drug-likeness (QED) is 0.448. The van der Waals surface area contributed by atoms with Gasteiger partial charge in [-0.3, -0.25) is 9.59 Å². The van der Waals surface area contributed by atoms with Gasteiger partial charge >= 0.3 is 12.4 Å². The highest BCUT2D eigenvalue weighted by atomic mass is 32.2. The lowest BCUT2D eigenvalue weighted by Crippen LogP contribution is -2.53. The van der Waals surface area contributed by atoms with Crippen LogP contribution < -0.4 is 5.32 Å². The maximum Gasteiger partial charge on any atom is 0.430 e. The third-order valence-corrected chi connectivity index (χ3v) is 9.66. The summed E-state index contributed by atoms with van der Waals surface area (Å²) in [5, 5.41) is 12.0. The molecule has 0 radical (unpaired) electrons. The highest BCUT2D eigenvalue weighted by Crippen LogP contribution is 2.50. The average molecular weight is 621 g/mol. The molecular formula is C27H26F6N2O6S. The van der Waals surface area contributed by atoms with Gasteiger partial charge in [-0.1, -0.05) is 18.2 Å². The second-order valence-corrected chi connectivity index (χ2v) is 12.8. The molecule has 8 nitrogen and oxygen atoms in total. The summed E-state index contributed by atoms with van der Waals surface area (Å²) < 4.78 is 110. The number of halogens is 6. The number of carbonyl (C=O) groups is 2. The van der Waals surface area contributed by atoms with Crippen LogP contribution in [-0.2, 0) is 36.3 Å². The van der Waals surface area contributed by atoms with Gasteiger partial charge < -0.3 is 20.1 Å². The summed E-state index contributed by atoms with van der Waals surface area (Å²) in [7, 11) is -3.60. The minimum atomic E-state index is -6.07. The molecule has 2 amide bonds. The van der Waals surface area contributed by atoms with Crippen molar-refractivity contribution >= 4 is 27.3 Å². The summed E-state index contributed by atoms with van der Waals surface area (Å²) in [5.41, 5.74) is -6.05. The van der Waals surface area contributed by atoms with Crippen LogP contribution in [-0.4, -0.2) is 61.6 Å². The van der Waals surface area contributed by atoms with Crippen molar-refractivity contribution < 1.29 is 54.2 Å². The first-order chi connectivity index (χ1) is 19.5. The molecule has 42 heavy (non-hydrogen) atoms. The number of nitrogens with one attached hydrogen (secondary N) is 1. The van der Waals surface area contributed by atoms with E-state index in [0.29, 0.717) is 36.3 Å². The zero-order chi connectivity index (χ0) is 30.7. The number of hydrogen-bond acceptors (Lipinski definition) is 6. The fourth-order valence-corrected chi connectivity index (χ4v) is 7.00. The van der Waals surface area contributed by atoms with Gasteiger partial charge in [0.05, 0.1) is 23.2 Å². The SMILES string of the molecule is O=C(Nc1ccc(C(O)(C(F)(F)F)C(F)(F)F)cc1)C1c2ccc(S(=O)(=O)CC3CC3)cc2CN1C(=O)C1CCOC1. The maximum absolute atomic E-state index is 13.5. The molecule has 5 rings (SSSR count). The van der Waals surface area contributed by atoms with Gasteiger partial charge in [0.15, 0.2) is 9.84 Å². The van der Waals surface area contributed by atoms with Gasteiger partial charge in [-0.2, -0.15) is 26.3 Å². The largest absolute Gasteiger partial charge is 0.430 e. The molecular weight excluding hydrogens is 594 g/mol. The minimum Gasteiger partial charge on any atom is -0.381 e. The molecule has 1 saturated heterocycles. The first-order valence-electron chi connectivity index (χ1n) is 13.0. The summed E-state index contributed by atoms with van der Waals surface area (Å²) in [6.07, 6.45) is -10.1. The van der Waals surface area contributed by atoms with Crippen molar-refractivity contribution in [3.05, 3.63) is 59.2 Å². The standard InChI is InChI=1S/C27H26F6N2O6S/c28-26(29,30)25(38,27(31,32)33)18-3-5-19(6-4-18)34-23(36)22-21-8-7-20(42(39,40)14-15-1-2-15)11-17(21)12-35(22)24(37)16-9-10-41-13-16/h3-8,11,15-16,22,38H,1-2,9-10,12-14H2,(H,34,36). The predicted octanol–water partition coefficient (Wildman–Crippen LogP) is 4.24. The van der Waals surface area contributed by atoms with Gasteiger partial charge in [-0.05, 0) is 60.6 Å². The van der Waals surface area contributed by atoms with Crippen LogP contribution in [0.3, 0.4) is 0 Å². The van der Waals surface area contributed by atoms with E-state index in [1.54, 1.807) is 0 Å². The number of carbonyl (C=O) groups excluding carboxylic acids is 2. The van der Waals surface area contributed by atoms with Crippen LogP contribution >= 0.6 is 0 Å². The fraction of sp³-hybridized carbons (Fsp3) is 0.481. The van der Waals surface area contributed by atoms with E-state index < -0.39 is 57.1 Å². The summed E-state index contributed by atoms with van der Waals surface area (Å²) >= 11 is 0. The molecule has 0 spiro atoms. The number of fused-ring (bicyclic) bond motifs is 1. The molecule has 0 aromatic heterocycles. The topological polar surface area (TPSA) is 113 Å². The van der Waals surface area contributed by atoms with E-state index in [2.05, 4.69) is 5.32 Å². The number of alkyl halides is 6. The lowest BCUT2D eigenvalue weighted by Gasteiger charge is -2.32. The summed E-state index contributed by atoms with van der Waals surface area (Å²) in [6, 6.07) is 5.31. The van der Waals surface area contributed by atoms with Crippen LogP contribution in [0, 0.1) is 11.8 Å². The Morgan fingerprint density at radius 3 is 2.17 bits per heavy atom. The number of hydrogen-bond donors (Lipinski definition) is 2. The molecule has 15 heteroatoms. The summed E-state index contributed by atoms with van der Waals surface area (Å²) in [5.74, 6) is -1.69. The Morgan fingerprint density at radius 1 is 0.976 bits per heavy atom. The van der Waals surface area contributed by atoms with Crippen LogP contribution in [0.4, 0.5) is 32.0 Å². The minimum absolute atomic E-state index is 0.00838. The third-order valence-electron chi connectivity index (χ3n) is 7.77. The van der Waals surface area contributed by atoms with Gasteiger partial charge in [-0.25, -0.2) is 8.42 Å². The Kier molecular flexibility index (Phi) is 7.59. The lowest BCUT2D eigenvalue weighted by molar-refractivity contribution is -0.376. The molecule has 0 bridgehead atoms. The van der Waals surface area contributed by atoms with Crippen molar-refractivity contribution in [2.45, 2.75) is 54.7 Å². The van der Waals surface area contributed by atoms with Crippen LogP contribution in [0.2, 0.25) is 0 Å². The van der Waals surface area contributed by atoms with E-state index in [4.69, 9.17) is 4.74 Å². The zero-order valence-electron chi connectivity index (χ0n) is 21.8. The molecule has 2 fully saturated rings. The number of sulfone groups is 1.